The summed E-state index contributed by atoms with van der Waals surface area (Å²) in [5, 5.41) is 0. The first-order valence-corrected chi connectivity index (χ1v) is 6.77. The molecule has 1 atom stereocenters. The maximum Gasteiger partial charge on any atom is 0.257 e. The van der Waals surface area contributed by atoms with Crippen LogP contribution in [0.25, 0.3) is 0 Å². The van der Waals surface area contributed by atoms with Crippen LogP contribution in [0.1, 0.15) is 23.7 Å². The van der Waals surface area contributed by atoms with Crippen molar-refractivity contribution in [1.82, 2.24) is 4.90 Å². The molecular weight excluding hydrogens is 272 g/mol. The van der Waals surface area contributed by atoms with Crippen LogP contribution in [0.4, 0.5) is 0 Å². The maximum atomic E-state index is 12.6. The van der Waals surface area contributed by atoms with Crippen LogP contribution in [0.2, 0.25) is 0 Å². The lowest BCUT2D eigenvalue weighted by molar-refractivity contribution is 0.0735. The first-order chi connectivity index (χ1) is 10.0. The van der Waals surface area contributed by atoms with E-state index in [-0.39, 0.29) is 11.9 Å². The monoisotopic (exact) mass is 296 g/mol. The largest absolute Gasteiger partial charge is 0.493 e. The van der Waals surface area contributed by atoms with Crippen molar-refractivity contribution in [1.29, 1.82) is 0 Å². The number of nitrogens with zero attached hydrogens (tertiary/aromatic N) is 1. The van der Waals surface area contributed by atoms with E-state index < -0.39 is 0 Å². The zero-order valence-corrected chi connectivity index (χ0v) is 13.3. The van der Waals surface area contributed by atoms with Crippen LogP contribution in [-0.4, -0.2) is 51.8 Å². The fourth-order valence-electron chi connectivity index (χ4n) is 2.09. The molecule has 0 bridgehead atoms. The molecule has 0 saturated carbocycles. The topological polar surface area (TPSA) is 74.0 Å². The highest BCUT2D eigenvalue weighted by Gasteiger charge is 2.24. The van der Waals surface area contributed by atoms with E-state index in [1.54, 1.807) is 24.1 Å². The van der Waals surface area contributed by atoms with E-state index in [9.17, 15) is 4.79 Å². The predicted molar refractivity (Wildman–Crippen MR) is 81.3 cm³/mol. The number of carbonyl (C=O) groups excluding carboxylic acids is 1. The second-order valence-corrected chi connectivity index (χ2v) is 4.72. The first-order valence-electron chi connectivity index (χ1n) is 6.77. The van der Waals surface area contributed by atoms with Crippen LogP contribution >= 0.6 is 0 Å². The number of ether oxygens (including phenoxy) is 3. The van der Waals surface area contributed by atoms with Crippen LogP contribution in [-0.2, 0) is 0 Å². The number of amides is 1. The Morgan fingerprint density at radius 3 is 2.29 bits per heavy atom. The van der Waals surface area contributed by atoms with Crippen molar-refractivity contribution in [2.75, 3.05) is 34.9 Å². The Kier molecular flexibility index (Phi) is 6.30. The average Bonchev–Trinajstić information content (AvgIpc) is 2.51. The molecule has 0 radical (unpaired) electrons. The highest BCUT2D eigenvalue weighted by Crippen LogP contribution is 2.40. The Labute approximate surface area is 125 Å². The van der Waals surface area contributed by atoms with Crippen molar-refractivity contribution in [3.05, 3.63) is 17.7 Å². The molecule has 6 nitrogen and oxygen atoms in total. The Bertz CT molecular complexity index is 491. The number of rotatable bonds is 7. The van der Waals surface area contributed by atoms with Crippen molar-refractivity contribution < 1.29 is 19.0 Å². The number of hydrogen-bond acceptors (Lipinski definition) is 5. The number of benzene rings is 1. The Morgan fingerprint density at radius 2 is 1.81 bits per heavy atom. The molecule has 118 valence electrons. The van der Waals surface area contributed by atoms with Gasteiger partial charge in [-0.3, -0.25) is 4.79 Å². The Morgan fingerprint density at radius 1 is 1.19 bits per heavy atom. The minimum atomic E-state index is -0.145. The van der Waals surface area contributed by atoms with Gasteiger partial charge >= 0.3 is 0 Å². The highest BCUT2D eigenvalue weighted by molar-refractivity contribution is 5.98. The van der Waals surface area contributed by atoms with E-state index in [2.05, 4.69) is 0 Å². The van der Waals surface area contributed by atoms with E-state index in [4.69, 9.17) is 19.9 Å². The molecule has 1 aromatic carbocycles. The number of hydrogen-bond donors (Lipinski definition) is 1. The standard InChI is InChI=1S/C15H24N2O4/c1-10(8-9-16)17(2)15(18)11-6-7-12(19-3)14(21-5)13(11)20-4/h6-7,10H,8-9,16H2,1-5H3. The lowest BCUT2D eigenvalue weighted by Gasteiger charge is -2.26. The smallest absolute Gasteiger partial charge is 0.257 e. The molecule has 0 saturated heterocycles. The summed E-state index contributed by atoms with van der Waals surface area (Å²) in [6.45, 7) is 2.49. The summed E-state index contributed by atoms with van der Waals surface area (Å²) in [5.74, 6) is 1.15. The van der Waals surface area contributed by atoms with Crippen LogP contribution < -0.4 is 19.9 Å². The molecule has 0 spiro atoms. The van der Waals surface area contributed by atoms with Gasteiger partial charge in [-0.1, -0.05) is 0 Å². The third-order valence-electron chi connectivity index (χ3n) is 3.50. The fraction of sp³-hybridized carbons (Fsp3) is 0.533. The summed E-state index contributed by atoms with van der Waals surface area (Å²) in [6.07, 6.45) is 0.734. The van der Waals surface area contributed by atoms with Crippen molar-refractivity contribution in [2.45, 2.75) is 19.4 Å². The quantitative estimate of drug-likeness (QED) is 0.826. The van der Waals surface area contributed by atoms with Crippen LogP contribution in [0.5, 0.6) is 17.2 Å². The van der Waals surface area contributed by atoms with E-state index >= 15 is 0 Å². The summed E-state index contributed by atoms with van der Waals surface area (Å²) in [4.78, 5) is 14.3. The second kappa shape index (κ2) is 7.73. The summed E-state index contributed by atoms with van der Waals surface area (Å²) < 4.78 is 15.9. The van der Waals surface area contributed by atoms with Gasteiger partial charge in [0, 0.05) is 13.1 Å². The van der Waals surface area contributed by atoms with Gasteiger partial charge in [-0.25, -0.2) is 0 Å². The van der Waals surface area contributed by atoms with Gasteiger partial charge in [0.2, 0.25) is 5.75 Å². The Hall–Kier alpha value is -1.95. The third-order valence-corrected chi connectivity index (χ3v) is 3.50. The molecule has 2 N–H and O–H groups in total. The summed E-state index contributed by atoms with van der Waals surface area (Å²) >= 11 is 0. The van der Waals surface area contributed by atoms with Gasteiger partial charge in [0.25, 0.3) is 5.91 Å². The van der Waals surface area contributed by atoms with Crippen LogP contribution in [0.3, 0.4) is 0 Å². The fourth-order valence-corrected chi connectivity index (χ4v) is 2.09. The van der Waals surface area contributed by atoms with Crippen molar-refractivity contribution in [3.8, 4) is 17.2 Å². The molecule has 6 heteroatoms. The zero-order valence-electron chi connectivity index (χ0n) is 13.3. The van der Waals surface area contributed by atoms with Gasteiger partial charge in [-0.2, -0.15) is 0 Å². The highest BCUT2D eigenvalue weighted by atomic mass is 16.5. The molecular formula is C15H24N2O4. The minimum Gasteiger partial charge on any atom is -0.493 e. The van der Waals surface area contributed by atoms with Gasteiger partial charge in [-0.15, -0.1) is 0 Å². The summed E-state index contributed by atoms with van der Waals surface area (Å²) in [5.41, 5.74) is 5.98. The molecule has 0 aliphatic heterocycles. The van der Waals surface area contributed by atoms with Gasteiger partial charge in [0.1, 0.15) is 0 Å². The lowest BCUT2D eigenvalue weighted by Crippen LogP contribution is -2.36. The van der Waals surface area contributed by atoms with Crippen molar-refractivity contribution >= 4 is 5.91 Å². The minimum absolute atomic E-state index is 0.0419. The van der Waals surface area contributed by atoms with Crippen molar-refractivity contribution in [3.63, 3.8) is 0 Å². The maximum absolute atomic E-state index is 12.6. The number of nitrogens with two attached hydrogens (primary N) is 1. The van der Waals surface area contributed by atoms with E-state index in [0.717, 1.165) is 6.42 Å². The molecule has 0 aliphatic rings. The van der Waals surface area contributed by atoms with E-state index in [0.29, 0.717) is 29.4 Å². The summed E-state index contributed by atoms with van der Waals surface area (Å²) in [7, 11) is 6.29. The van der Waals surface area contributed by atoms with E-state index in [1.165, 1.54) is 21.3 Å². The molecule has 0 aromatic heterocycles. The van der Waals surface area contributed by atoms with Crippen LogP contribution in [0.15, 0.2) is 12.1 Å². The normalized spacial score (nSPS) is 11.7. The molecule has 0 heterocycles. The SMILES string of the molecule is COc1ccc(C(=O)N(C)C(C)CCN)c(OC)c1OC. The molecule has 1 aromatic rings. The summed E-state index contributed by atoms with van der Waals surface area (Å²) in [6, 6.07) is 3.41. The molecule has 21 heavy (non-hydrogen) atoms. The van der Waals surface area contributed by atoms with Gasteiger partial charge in [-0.05, 0) is 32.0 Å². The van der Waals surface area contributed by atoms with Gasteiger partial charge < -0.3 is 24.8 Å². The van der Waals surface area contributed by atoms with Gasteiger partial charge in [0.05, 0.1) is 26.9 Å². The average molecular weight is 296 g/mol. The molecule has 1 amide bonds. The van der Waals surface area contributed by atoms with Crippen molar-refractivity contribution in [2.24, 2.45) is 5.73 Å². The number of methoxy groups -OCH3 is 3. The zero-order chi connectivity index (χ0) is 16.0. The second-order valence-electron chi connectivity index (χ2n) is 4.72. The predicted octanol–water partition coefficient (Wildman–Crippen LogP) is 1.52. The first kappa shape index (κ1) is 17.1. The van der Waals surface area contributed by atoms with Gasteiger partial charge in [0.15, 0.2) is 11.5 Å². The Balaban J connectivity index is 3.21. The van der Waals surface area contributed by atoms with Crippen LogP contribution in [0, 0.1) is 0 Å². The van der Waals surface area contributed by atoms with E-state index in [1.807, 2.05) is 6.92 Å². The molecule has 0 fully saturated rings. The molecule has 1 rings (SSSR count). The lowest BCUT2D eigenvalue weighted by atomic mass is 10.1. The molecule has 1 unspecified atom stereocenters. The number of carbonyl (C=O) groups is 1. The third kappa shape index (κ3) is 3.58. The molecule has 0 aliphatic carbocycles.